The number of anilines is 1. The van der Waals surface area contributed by atoms with Crippen molar-refractivity contribution >= 4 is 15.8 Å². The molecule has 0 aromatic heterocycles. The normalized spacial score (nSPS) is 22.6. The van der Waals surface area contributed by atoms with Gasteiger partial charge < -0.3 is 9.45 Å². The Bertz CT molecular complexity index is 563. The third-order valence-corrected chi connectivity index (χ3v) is 4.79. The van der Waals surface area contributed by atoms with Crippen LogP contribution < -0.4 is 4.90 Å². The molecule has 0 amide bonds. The third-order valence-electron chi connectivity index (χ3n) is 3.96. The average molecular weight is 254 g/mol. The Balaban J connectivity index is 2.65. The summed E-state index contributed by atoms with van der Waals surface area (Å²) in [6.07, 6.45) is 0. The van der Waals surface area contributed by atoms with Gasteiger partial charge in [0.15, 0.2) is 0 Å². The molecule has 2 rings (SSSR count). The van der Waals surface area contributed by atoms with Crippen molar-refractivity contribution in [2.24, 2.45) is 0 Å². The molecule has 0 spiro atoms. The third kappa shape index (κ3) is 1.73. The van der Waals surface area contributed by atoms with Gasteiger partial charge in [0.2, 0.25) is 0 Å². The molecule has 0 fully saturated rings. The van der Waals surface area contributed by atoms with Gasteiger partial charge in [-0.1, -0.05) is 19.9 Å². The van der Waals surface area contributed by atoms with Crippen LogP contribution in [0.1, 0.15) is 26.3 Å². The molecular formula is C12H16NO3S-. The van der Waals surface area contributed by atoms with Crippen LogP contribution >= 0.6 is 0 Å². The van der Waals surface area contributed by atoms with Crippen LogP contribution in [-0.4, -0.2) is 26.1 Å². The second-order valence-corrected chi connectivity index (χ2v) is 6.52. The van der Waals surface area contributed by atoms with Gasteiger partial charge in [0, 0.05) is 24.2 Å². The highest BCUT2D eigenvalue weighted by Crippen LogP contribution is 2.44. The summed E-state index contributed by atoms with van der Waals surface area (Å²) in [5, 5.41) is 0. The van der Waals surface area contributed by atoms with E-state index >= 15 is 0 Å². The summed E-state index contributed by atoms with van der Waals surface area (Å²) < 4.78 is 33.0. The molecule has 1 aromatic carbocycles. The zero-order chi connectivity index (χ0) is 13.0. The lowest BCUT2D eigenvalue weighted by molar-refractivity contribution is 0.454. The minimum absolute atomic E-state index is 0.0464. The molecule has 4 nitrogen and oxygen atoms in total. The summed E-state index contributed by atoms with van der Waals surface area (Å²) in [7, 11) is -2.46. The van der Waals surface area contributed by atoms with Gasteiger partial charge in [-0.25, -0.2) is 8.42 Å². The van der Waals surface area contributed by atoms with Gasteiger partial charge in [-0.2, -0.15) is 0 Å². The van der Waals surface area contributed by atoms with Crippen LogP contribution in [0.15, 0.2) is 23.1 Å². The smallest absolute Gasteiger partial charge is 0.124 e. The van der Waals surface area contributed by atoms with Gasteiger partial charge in [-0.3, -0.25) is 0 Å². The van der Waals surface area contributed by atoms with E-state index in [1.165, 1.54) is 12.1 Å². The molecule has 1 aromatic rings. The minimum Gasteiger partial charge on any atom is -0.744 e. The molecule has 5 heteroatoms. The summed E-state index contributed by atoms with van der Waals surface area (Å²) >= 11 is 0. The van der Waals surface area contributed by atoms with E-state index in [1.54, 1.807) is 6.07 Å². The molecule has 1 heterocycles. The van der Waals surface area contributed by atoms with E-state index in [0.717, 1.165) is 11.3 Å². The zero-order valence-electron chi connectivity index (χ0n) is 10.4. The molecule has 0 N–H and O–H groups in total. The topological polar surface area (TPSA) is 60.4 Å². The largest absolute Gasteiger partial charge is 0.744 e. The van der Waals surface area contributed by atoms with E-state index in [4.69, 9.17) is 0 Å². The van der Waals surface area contributed by atoms with Crippen LogP contribution in [0.4, 0.5) is 5.69 Å². The summed E-state index contributed by atoms with van der Waals surface area (Å²) in [5.41, 5.74) is 1.87. The molecule has 0 saturated carbocycles. The first-order valence-corrected chi connectivity index (χ1v) is 6.90. The van der Waals surface area contributed by atoms with E-state index in [9.17, 15) is 13.0 Å². The molecule has 1 atom stereocenters. The van der Waals surface area contributed by atoms with E-state index in [1.807, 2.05) is 11.9 Å². The average Bonchev–Trinajstić information content (AvgIpc) is 2.39. The maximum atomic E-state index is 11.0. The van der Waals surface area contributed by atoms with Gasteiger partial charge >= 0.3 is 0 Å². The lowest BCUT2D eigenvalue weighted by Gasteiger charge is -2.28. The quantitative estimate of drug-likeness (QED) is 0.716. The predicted octanol–water partition coefficient (Wildman–Crippen LogP) is 1.71. The fourth-order valence-electron chi connectivity index (χ4n) is 2.42. The highest BCUT2D eigenvalue weighted by atomic mass is 32.2. The van der Waals surface area contributed by atoms with Crippen molar-refractivity contribution in [1.29, 1.82) is 0 Å². The standard InChI is InChI=1S/C12H17NO3S/c1-8-12(2,3)10-6-5-9(17(14,15)16)7-11(10)13(8)4/h5-8H,1-4H3,(H,14,15,16)/p-1/t8-/m1/s1. The Morgan fingerprint density at radius 1 is 1.35 bits per heavy atom. The number of rotatable bonds is 1. The minimum atomic E-state index is -4.38. The van der Waals surface area contributed by atoms with Crippen LogP contribution in [0, 0.1) is 0 Å². The zero-order valence-corrected chi connectivity index (χ0v) is 11.2. The number of nitrogens with zero attached hydrogens (tertiary/aromatic N) is 1. The lowest BCUT2D eigenvalue weighted by Crippen LogP contribution is -2.36. The van der Waals surface area contributed by atoms with Crippen molar-refractivity contribution < 1.29 is 13.0 Å². The van der Waals surface area contributed by atoms with Crippen molar-refractivity contribution in [3.05, 3.63) is 23.8 Å². The van der Waals surface area contributed by atoms with Gasteiger partial charge in [-0.05, 0) is 24.6 Å². The van der Waals surface area contributed by atoms with Crippen molar-refractivity contribution in [3.63, 3.8) is 0 Å². The van der Waals surface area contributed by atoms with E-state index in [-0.39, 0.29) is 16.4 Å². The summed E-state index contributed by atoms with van der Waals surface area (Å²) in [5.74, 6) is 0. The second-order valence-electron chi connectivity index (χ2n) is 5.14. The molecule has 94 valence electrons. The van der Waals surface area contributed by atoms with E-state index in [0.29, 0.717) is 0 Å². The molecule has 17 heavy (non-hydrogen) atoms. The second kappa shape index (κ2) is 3.46. The summed E-state index contributed by atoms with van der Waals surface area (Å²) in [6.45, 7) is 6.32. The fourth-order valence-corrected chi connectivity index (χ4v) is 2.91. The first-order chi connectivity index (χ1) is 7.65. The highest BCUT2D eigenvalue weighted by Gasteiger charge is 2.40. The van der Waals surface area contributed by atoms with Gasteiger partial charge in [0.25, 0.3) is 0 Å². The molecule has 0 bridgehead atoms. The molecule has 0 saturated heterocycles. The molecule has 1 aliphatic heterocycles. The van der Waals surface area contributed by atoms with Crippen molar-refractivity contribution in [3.8, 4) is 0 Å². The Morgan fingerprint density at radius 3 is 2.47 bits per heavy atom. The van der Waals surface area contributed by atoms with E-state index < -0.39 is 10.1 Å². The van der Waals surface area contributed by atoms with Gasteiger partial charge in [-0.15, -0.1) is 0 Å². The number of likely N-dealkylation sites (N-methyl/N-ethyl adjacent to an activating group) is 1. The van der Waals surface area contributed by atoms with Crippen molar-refractivity contribution in [1.82, 2.24) is 0 Å². The van der Waals surface area contributed by atoms with Gasteiger partial charge in [0.1, 0.15) is 10.1 Å². The SMILES string of the molecule is C[C@H]1N(C)c2cc(S(=O)(=O)[O-])ccc2C1(C)C. The van der Waals surface area contributed by atoms with Crippen LogP contribution in [0.3, 0.4) is 0 Å². The molecule has 0 aliphatic carbocycles. The molecular weight excluding hydrogens is 238 g/mol. The number of benzene rings is 1. The van der Waals surface area contributed by atoms with E-state index in [2.05, 4.69) is 20.8 Å². The van der Waals surface area contributed by atoms with Crippen LogP contribution in [0.5, 0.6) is 0 Å². The monoisotopic (exact) mass is 254 g/mol. The lowest BCUT2D eigenvalue weighted by atomic mass is 9.81. The van der Waals surface area contributed by atoms with Crippen LogP contribution in [0.25, 0.3) is 0 Å². The number of hydrogen-bond acceptors (Lipinski definition) is 4. The van der Waals surface area contributed by atoms with Crippen molar-refractivity contribution in [2.75, 3.05) is 11.9 Å². The number of fused-ring (bicyclic) bond motifs is 1. The van der Waals surface area contributed by atoms with Crippen molar-refractivity contribution in [2.45, 2.75) is 37.1 Å². The first-order valence-electron chi connectivity index (χ1n) is 5.49. The molecule has 1 aliphatic rings. The molecule has 0 radical (unpaired) electrons. The maximum Gasteiger partial charge on any atom is 0.124 e. The predicted molar refractivity (Wildman–Crippen MR) is 65.3 cm³/mol. The summed E-state index contributed by atoms with van der Waals surface area (Å²) in [4.78, 5) is 1.86. The number of hydrogen-bond donors (Lipinski definition) is 0. The molecule has 0 unspecified atom stereocenters. The maximum absolute atomic E-state index is 11.0. The van der Waals surface area contributed by atoms with Crippen LogP contribution in [-0.2, 0) is 15.5 Å². The Hall–Kier alpha value is -1.07. The summed E-state index contributed by atoms with van der Waals surface area (Å²) in [6, 6.07) is 4.89. The fraction of sp³-hybridized carbons (Fsp3) is 0.500. The van der Waals surface area contributed by atoms with Gasteiger partial charge in [0.05, 0.1) is 4.90 Å². The Kier molecular flexibility index (Phi) is 2.52. The highest BCUT2D eigenvalue weighted by molar-refractivity contribution is 7.85. The Morgan fingerprint density at radius 2 is 1.94 bits per heavy atom. The van der Waals surface area contributed by atoms with Crippen LogP contribution in [0.2, 0.25) is 0 Å². The first kappa shape index (κ1) is 12.4. The Labute approximate surface area is 102 Å².